The molecule has 1 aliphatic carbocycles. The molecule has 2 N–H and O–H groups in total. The number of thioether (sulfide) groups is 1. The molecule has 2 fully saturated rings. The maximum Gasteiger partial charge on any atom is 0.164 e. The Balaban J connectivity index is 2.24. The second kappa shape index (κ2) is 5.92. The number of nitrogens with two attached hydrogens (primary N) is 1. The van der Waals surface area contributed by atoms with Gasteiger partial charge in [-0.2, -0.15) is 11.8 Å². The highest BCUT2D eigenvalue weighted by Crippen LogP contribution is 2.39. The van der Waals surface area contributed by atoms with Crippen molar-refractivity contribution in [2.24, 2.45) is 11.7 Å². The summed E-state index contributed by atoms with van der Waals surface area (Å²) < 4.78 is 24.1. The minimum atomic E-state index is -3.04. The molecule has 19 heavy (non-hydrogen) atoms. The molecule has 0 amide bonds. The van der Waals surface area contributed by atoms with Gasteiger partial charge in [-0.1, -0.05) is 6.92 Å². The van der Waals surface area contributed by atoms with Crippen molar-refractivity contribution >= 4 is 21.6 Å². The molecule has 1 aliphatic heterocycles. The van der Waals surface area contributed by atoms with Gasteiger partial charge in [-0.3, -0.25) is 4.90 Å². The van der Waals surface area contributed by atoms with Crippen molar-refractivity contribution in [1.29, 1.82) is 0 Å². The molecule has 0 aromatic heterocycles. The fraction of sp³-hybridized carbons (Fsp3) is 1.00. The van der Waals surface area contributed by atoms with Gasteiger partial charge in [0, 0.05) is 36.4 Å². The largest absolute Gasteiger partial charge is 0.329 e. The van der Waals surface area contributed by atoms with Gasteiger partial charge in [0.1, 0.15) is 5.37 Å². The summed E-state index contributed by atoms with van der Waals surface area (Å²) in [6.07, 6.45) is 5.78. The van der Waals surface area contributed by atoms with E-state index in [1.54, 1.807) is 11.8 Å². The molecule has 0 radical (unpaired) electrons. The normalized spacial score (nSPS) is 38.3. The van der Waals surface area contributed by atoms with Crippen LogP contribution in [0.25, 0.3) is 0 Å². The number of rotatable bonds is 3. The molecule has 0 spiro atoms. The summed E-state index contributed by atoms with van der Waals surface area (Å²) in [4.78, 5) is 2.23. The van der Waals surface area contributed by atoms with E-state index in [0.29, 0.717) is 12.3 Å². The van der Waals surface area contributed by atoms with Crippen LogP contribution >= 0.6 is 11.8 Å². The SMILES string of the molecule is CC1CCC(CN)(N2CCSCC2S(C)(=O)=O)CC1. The third-order valence-corrected chi connectivity index (χ3v) is 7.42. The van der Waals surface area contributed by atoms with Gasteiger partial charge in [-0.05, 0) is 31.6 Å². The van der Waals surface area contributed by atoms with E-state index in [0.717, 1.165) is 43.9 Å². The smallest absolute Gasteiger partial charge is 0.164 e. The van der Waals surface area contributed by atoms with Crippen molar-refractivity contribution < 1.29 is 8.42 Å². The van der Waals surface area contributed by atoms with Gasteiger partial charge in [0.15, 0.2) is 9.84 Å². The molecular formula is C13H26N2O2S2. The summed E-state index contributed by atoms with van der Waals surface area (Å²) in [7, 11) is -3.04. The highest BCUT2D eigenvalue weighted by Gasteiger charge is 2.45. The van der Waals surface area contributed by atoms with Crippen LogP contribution in [0, 0.1) is 5.92 Å². The molecule has 2 aliphatic rings. The van der Waals surface area contributed by atoms with E-state index in [1.807, 2.05) is 0 Å². The van der Waals surface area contributed by atoms with E-state index >= 15 is 0 Å². The van der Waals surface area contributed by atoms with Crippen LogP contribution in [0.5, 0.6) is 0 Å². The summed E-state index contributed by atoms with van der Waals surface area (Å²) in [6.45, 7) is 3.71. The molecule has 112 valence electrons. The minimum Gasteiger partial charge on any atom is -0.329 e. The zero-order chi connectivity index (χ0) is 14.1. The quantitative estimate of drug-likeness (QED) is 0.852. The summed E-state index contributed by atoms with van der Waals surface area (Å²) in [5, 5.41) is -0.344. The van der Waals surface area contributed by atoms with E-state index in [1.165, 1.54) is 6.26 Å². The molecule has 1 heterocycles. The predicted molar refractivity (Wildman–Crippen MR) is 82.1 cm³/mol. The summed E-state index contributed by atoms with van der Waals surface area (Å²) in [5.74, 6) is 2.45. The summed E-state index contributed by atoms with van der Waals surface area (Å²) in [6, 6.07) is 0. The van der Waals surface area contributed by atoms with Crippen molar-refractivity contribution in [3.05, 3.63) is 0 Å². The average molecular weight is 306 g/mol. The van der Waals surface area contributed by atoms with Crippen LogP contribution in [0.1, 0.15) is 32.6 Å². The van der Waals surface area contributed by atoms with Crippen LogP contribution in [0.2, 0.25) is 0 Å². The molecule has 6 heteroatoms. The fourth-order valence-electron chi connectivity index (χ4n) is 3.39. The Morgan fingerprint density at radius 1 is 1.37 bits per heavy atom. The Hall–Kier alpha value is 0.220. The Bertz CT molecular complexity index is 403. The molecule has 0 aromatic rings. The van der Waals surface area contributed by atoms with Crippen LogP contribution in [-0.2, 0) is 9.84 Å². The van der Waals surface area contributed by atoms with Gasteiger partial charge in [0.05, 0.1) is 0 Å². The zero-order valence-corrected chi connectivity index (χ0v) is 13.6. The summed E-state index contributed by atoms with van der Waals surface area (Å²) >= 11 is 1.75. The molecule has 0 aromatic carbocycles. The molecule has 1 unspecified atom stereocenters. The lowest BCUT2D eigenvalue weighted by atomic mass is 9.76. The summed E-state index contributed by atoms with van der Waals surface area (Å²) in [5.41, 5.74) is 5.99. The van der Waals surface area contributed by atoms with E-state index in [4.69, 9.17) is 5.73 Å². The van der Waals surface area contributed by atoms with Gasteiger partial charge < -0.3 is 5.73 Å². The van der Waals surface area contributed by atoms with E-state index < -0.39 is 9.84 Å². The Labute approximate surface area is 121 Å². The Morgan fingerprint density at radius 2 is 2.00 bits per heavy atom. The van der Waals surface area contributed by atoms with E-state index in [2.05, 4.69) is 11.8 Å². The average Bonchev–Trinajstić information content (AvgIpc) is 2.39. The van der Waals surface area contributed by atoms with Crippen LogP contribution in [0.4, 0.5) is 0 Å². The molecule has 1 atom stereocenters. The van der Waals surface area contributed by atoms with Gasteiger partial charge in [0.25, 0.3) is 0 Å². The maximum absolute atomic E-state index is 12.1. The van der Waals surface area contributed by atoms with E-state index in [-0.39, 0.29) is 10.9 Å². The van der Waals surface area contributed by atoms with Crippen LogP contribution in [0.15, 0.2) is 0 Å². The maximum atomic E-state index is 12.1. The number of nitrogens with zero attached hydrogens (tertiary/aromatic N) is 1. The first-order valence-electron chi connectivity index (χ1n) is 7.12. The molecule has 4 nitrogen and oxygen atoms in total. The van der Waals surface area contributed by atoms with Crippen LogP contribution in [0.3, 0.4) is 0 Å². The lowest BCUT2D eigenvalue weighted by Gasteiger charge is -2.51. The lowest BCUT2D eigenvalue weighted by Crippen LogP contribution is -2.63. The van der Waals surface area contributed by atoms with Crippen molar-refractivity contribution in [1.82, 2.24) is 4.90 Å². The zero-order valence-electron chi connectivity index (χ0n) is 12.0. The number of sulfone groups is 1. The van der Waals surface area contributed by atoms with E-state index in [9.17, 15) is 8.42 Å². The van der Waals surface area contributed by atoms with Gasteiger partial charge >= 0.3 is 0 Å². The van der Waals surface area contributed by atoms with Crippen molar-refractivity contribution in [2.45, 2.75) is 43.5 Å². The molecule has 1 saturated heterocycles. The van der Waals surface area contributed by atoms with Crippen molar-refractivity contribution in [3.8, 4) is 0 Å². The van der Waals surface area contributed by atoms with Gasteiger partial charge in [-0.15, -0.1) is 0 Å². The van der Waals surface area contributed by atoms with Crippen LogP contribution < -0.4 is 5.73 Å². The monoisotopic (exact) mass is 306 g/mol. The highest BCUT2D eigenvalue weighted by atomic mass is 32.2. The molecule has 1 saturated carbocycles. The number of hydrogen-bond donors (Lipinski definition) is 1. The lowest BCUT2D eigenvalue weighted by molar-refractivity contribution is 0.0412. The highest BCUT2D eigenvalue weighted by molar-refractivity contribution is 8.00. The first-order chi connectivity index (χ1) is 8.89. The van der Waals surface area contributed by atoms with Crippen molar-refractivity contribution in [2.75, 3.05) is 30.9 Å². The first-order valence-corrected chi connectivity index (χ1v) is 10.2. The van der Waals surface area contributed by atoms with Gasteiger partial charge in [-0.25, -0.2) is 8.42 Å². The van der Waals surface area contributed by atoms with Crippen LogP contribution in [-0.4, -0.2) is 55.1 Å². The standard InChI is InChI=1S/C13H26N2O2S2/c1-11-3-5-13(10-14,6-4-11)15-7-8-18-9-12(15)19(2,16)17/h11-12H,3-10,14H2,1-2H3. The second-order valence-corrected chi connectivity index (χ2v) is 9.52. The number of hydrogen-bond acceptors (Lipinski definition) is 5. The van der Waals surface area contributed by atoms with Crippen molar-refractivity contribution in [3.63, 3.8) is 0 Å². The predicted octanol–water partition coefficient (Wildman–Crippen LogP) is 1.31. The third-order valence-electron chi connectivity index (χ3n) is 4.77. The Morgan fingerprint density at radius 3 is 2.53 bits per heavy atom. The molecule has 2 rings (SSSR count). The first kappa shape index (κ1) is 15.6. The second-order valence-electron chi connectivity index (χ2n) is 6.16. The molecule has 0 bridgehead atoms. The third kappa shape index (κ3) is 3.28. The topological polar surface area (TPSA) is 63.4 Å². The minimum absolute atomic E-state index is 0.0821. The fourth-order valence-corrected chi connectivity index (χ4v) is 6.33. The Kier molecular flexibility index (Phi) is 4.86. The van der Waals surface area contributed by atoms with Gasteiger partial charge in [0.2, 0.25) is 0 Å². The molecular weight excluding hydrogens is 280 g/mol.